The Balaban J connectivity index is 2.28. The van der Waals surface area contributed by atoms with Crippen molar-refractivity contribution in [3.63, 3.8) is 0 Å². The molecule has 0 aliphatic rings. The molecule has 0 radical (unpaired) electrons. The van der Waals surface area contributed by atoms with Crippen molar-refractivity contribution < 1.29 is 0 Å². The molecule has 2 rings (SSSR count). The maximum absolute atomic E-state index is 6.04. The Hall–Kier alpha value is -0.800. The number of imidazole rings is 1. The Morgan fingerprint density at radius 3 is 2.76 bits per heavy atom. The van der Waals surface area contributed by atoms with E-state index in [-0.39, 0.29) is 0 Å². The molecule has 0 fully saturated rings. The molecule has 1 heterocycles. The summed E-state index contributed by atoms with van der Waals surface area (Å²) >= 11 is 9.49. The lowest BCUT2D eigenvalue weighted by atomic mass is 10.1. The lowest BCUT2D eigenvalue weighted by Gasteiger charge is -2.11. The van der Waals surface area contributed by atoms with E-state index in [2.05, 4.69) is 45.4 Å². The molecule has 0 saturated heterocycles. The normalized spacial score (nSPS) is 11.1. The zero-order valence-corrected chi connectivity index (χ0v) is 12.2. The maximum Gasteiger partial charge on any atom is 0.113 e. The SMILES string of the molecule is CC(C)n1ccnc1Cc1cc(Cl)cc(Br)c1. The minimum Gasteiger partial charge on any atom is -0.332 e. The fraction of sp³-hybridized carbons (Fsp3) is 0.308. The van der Waals surface area contributed by atoms with Crippen LogP contribution < -0.4 is 0 Å². The molecule has 0 aliphatic heterocycles. The minimum absolute atomic E-state index is 0.426. The van der Waals surface area contributed by atoms with Crippen LogP contribution in [0.3, 0.4) is 0 Å². The molecule has 0 unspecified atom stereocenters. The number of rotatable bonds is 3. The summed E-state index contributed by atoms with van der Waals surface area (Å²) in [5.74, 6) is 1.06. The van der Waals surface area contributed by atoms with Crippen molar-refractivity contribution >= 4 is 27.5 Å². The second-order valence-electron chi connectivity index (χ2n) is 4.30. The Morgan fingerprint density at radius 2 is 2.12 bits per heavy atom. The van der Waals surface area contributed by atoms with Crippen LogP contribution in [-0.4, -0.2) is 9.55 Å². The molecule has 0 bridgehead atoms. The highest BCUT2D eigenvalue weighted by atomic mass is 79.9. The molecular weight excluding hydrogens is 300 g/mol. The number of halogens is 2. The van der Waals surface area contributed by atoms with Gasteiger partial charge in [-0.15, -0.1) is 0 Å². The maximum atomic E-state index is 6.04. The van der Waals surface area contributed by atoms with Crippen molar-refractivity contribution in [2.75, 3.05) is 0 Å². The van der Waals surface area contributed by atoms with Crippen LogP contribution in [-0.2, 0) is 6.42 Å². The van der Waals surface area contributed by atoms with E-state index in [1.165, 1.54) is 0 Å². The first-order valence-electron chi connectivity index (χ1n) is 5.53. The molecule has 2 aromatic rings. The van der Waals surface area contributed by atoms with Crippen LogP contribution in [0.2, 0.25) is 5.02 Å². The van der Waals surface area contributed by atoms with Gasteiger partial charge in [0.05, 0.1) is 0 Å². The summed E-state index contributed by atoms with van der Waals surface area (Å²) in [5.41, 5.74) is 1.16. The van der Waals surface area contributed by atoms with E-state index in [4.69, 9.17) is 11.6 Å². The van der Waals surface area contributed by atoms with Crippen molar-refractivity contribution in [1.29, 1.82) is 0 Å². The van der Waals surface area contributed by atoms with E-state index < -0.39 is 0 Å². The lowest BCUT2D eigenvalue weighted by molar-refractivity contribution is 0.574. The lowest BCUT2D eigenvalue weighted by Crippen LogP contribution is -2.06. The number of benzene rings is 1. The monoisotopic (exact) mass is 312 g/mol. The van der Waals surface area contributed by atoms with E-state index in [0.29, 0.717) is 6.04 Å². The van der Waals surface area contributed by atoms with Gasteiger partial charge in [-0.1, -0.05) is 27.5 Å². The molecule has 0 spiro atoms. The van der Waals surface area contributed by atoms with Gasteiger partial charge in [0.15, 0.2) is 0 Å². The summed E-state index contributed by atoms with van der Waals surface area (Å²) in [4.78, 5) is 4.40. The van der Waals surface area contributed by atoms with Crippen LogP contribution in [0, 0.1) is 0 Å². The second-order valence-corrected chi connectivity index (χ2v) is 5.65. The number of aromatic nitrogens is 2. The average Bonchev–Trinajstić information content (AvgIpc) is 2.63. The first-order valence-corrected chi connectivity index (χ1v) is 6.70. The van der Waals surface area contributed by atoms with Gasteiger partial charge in [0.25, 0.3) is 0 Å². The van der Waals surface area contributed by atoms with Crippen molar-refractivity contribution in [3.05, 3.63) is 51.5 Å². The Labute approximate surface area is 115 Å². The van der Waals surface area contributed by atoms with Crippen molar-refractivity contribution in [2.45, 2.75) is 26.3 Å². The van der Waals surface area contributed by atoms with Gasteiger partial charge in [0.2, 0.25) is 0 Å². The summed E-state index contributed by atoms with van der Waals surface area (Å²) in [6.45, 7) is 4.30. The fourth-order valence-corrected chi connectivity index (χ4v) is 2.78. The van der Waals surface area contributed by atoms with Gasteiger partial charge >= 0.3 is 0 Å². The quantitative estimate of drug-likeness (QED) is 0.817. The largest absolute Gasteiger partial charge is 0.332 e. The molecule has 2 nitrogen and oxygen atoms in total. The molecule has 17 heavy (non-hydrogen) atoms. The first kappa shape index (κ1) is 12.7. The summed E-state index contributed by atoms with van der Waals surface area (Å²) in [7, 11) is 0. The molecular formula is C13H14BrClN2. The Bertz CT molecular complexity index is 500. The summed E-state index contributed by atoms with van der Waals surface area (Å²) in [5, 5.41) is 0.747. The Morgan fingerprint density at radius 1 is 1.35 bits per heavy atom. The second kappa shape index (κ2) is 5.23. The zero-order valence-electron chi connectivity index (χ0n) is 9.82. The van der Waals surface area contributed by atoms with Gasteiger partial charge in [-0.05, 0) is 37.6 Å². The van der Waals surface area contributed by atoms with E-state index in [1.807, 2.05) is 24.5 Å². The first-order chi connectivity index (χ1) is 8.06. The molecule has 0 saturated carbocycles. The van der Waals surface area contributed by atoms with Crippen LogP contribution in [0.1, 0.15) is 31.3 Å². The number of hydrogen-bond acceptors (Lipinski definition) is 1. The number of nitrogens with zero attached hydrogens (tertiary/aromatic N) is 2. The highest BCUT2D eigenvalue weighted by Gasteiger charge is 2.07. The van der Waals surface area contributed by atoms with Crippen LogP contribution in [0.15, 0.2) is 35.1 Å². The van der Waals surface area contributed by atoms with Gasteiger partial charge in [-0.2, -0.15) is 0 Å². The molecule has 1 aromatic carbocycles. The Kier molecular flexibility index (Phi) is 3.89. The average molecular weight is 314 g/mol. The van der Waals surface area contributed by atoms with E-state index in [1.54, 1.807) is 0 Å². The third-order valence-electron chi connectivity index (χ3n) is 2.59. The summed E-state index contributed by atoms with van der Waals surface area (Å²) in [6.07, 6.45) is 4.65. The predicted molar refractivity (Wildman–Crippen MR) is 74.6 cm³/mol. The molecule has 1 aromatic heterocycles. The molecule has 0 amide bonds. The van der Waals surface area contributed by atoms with Crippen LogP contribution in [0.25, 0.3) is 0 Å². The topological polar surface area (TPSA) is 17.8 Å². The number of hydrogen-bond donors (Lipinski definition) is 0. The third kappa shape index (κ3) is 3.11. The minimum atomic E-state index is 0.426. The highest BCUT2D eigenvalue weighted by molar-refractivity contribution is 9.10. The van der Waals surface area contributed by atoms with Gasteiger partial charge in [-0.3, -0.25) is 0 Å². The summed E-state index contributed by atoms with van der Waals surface area (Å²) < 4.78 is 3.18. The molecule has 0 atom stereocenters. The smallest absolute Gasteiger partial charge is 0.113 e. The molecule has 90 valence electrons. The molecule has 0 N–H and O–H groups in total. The molecule has 4 heteroatoms. The van der Waals surface area contributed by atoms with Crippen LogP contribution in [0.5, 0.6) is 0 Å². The van der Waals surface area contributed by atoms with E-state index in [0.717, 1.165) is 27.3 Å². The highest BCUT2D eigenvalue weighted by Crippen LogP contribution is 2.22. The van der Waals surface area contributed by atoms with Crippen molar-refractivity contribution in [2.24, 2.45) is 0 Å². The van der Waals surface area contributed by atoms with Gasteiger partial charge in [0.1, 0.15) is 5.82 Å². The van der Waals surface area contributed by atoms with Gasteiger partial charge < -0.3 is 4.57 Å². The molecule has 0 aliphatic carbocycles. The van der Waals surface area contributed by atoms with Crippen LogP contribution in [0.4, 0.5) is 0 Å². The third-order valence-corrected chi connectivity index (χ3v) is 3.27. The van der Waals surface area contributed by atoms with Crippen molar-refractivity contribution in [3.8, 4) is 0 Å². The van der Waals surface area contributed by atoms with Crippen molar-refractivity contribution in [1.82, 2.24) is 9.55 Å². The van der Waals surface area contributed by atoms with Crippen LogP contribution >= 0.6 is 27.5 Å². The standard InChI is InChI=1S/C13H14BrClN2/c1-9(2)17-4-3-16-13(17)7-10-5-11(14)8-12(15)6-10/h3-6,8-9H,7H2,1-2H3. The van der Waals surface area contributed by atoms with E-state index >= 15 is 0 Å². The fourth-order valence-electron chi connectivity index (χ4n) is 1.85. The zero-order chi connectivity index (χ0) is 12.4. The summed E-state index contributed by atoms with van der Waals surface area (Å²) in [6, 6.07) is 6.37. The predicted octanol–water partition coefficient (Wildman–Crippen LogP) is 4.47. The van der Waals surface area contributed by atoms with E-state index in [9.17, 15) is 0 Å². The van der Waals surface area contributed by atoms with Gasteiger partial charge in [-0.25, -0.2) is 4.98 Å². The van der Waals surface area contributed by atoms with Gasteiger partial charge in [0, 0.05) is 34.4 Å².